The fourth-order valence-corrected chi connectivity index (χ4v) is 3.34. The molecule has 1 aliphatic rings. The van der Waals surface area contributed by atoms with Crippen LogP contribution in [-0.2, 0) is 12.8 Å². The van der Waals surface area contributed by atoms with Crippen LogP contribution in [0.4, 0.5) is 5.69 Å². The van der Waals surface area contributed by atoms with Gasteiger partial charge in [0.2, 0.25) is 0 Å². The van der Waals surface area contributed by atoms with E-state index >= 15 is 0 Å². The van der Waals surface area contributed by atoms with E-state index in [1.54, 1.807) is 0 Å². The van der Waals surface area contributed by atoms with Gasteiger partial charge in [0.15, 0.2) is 5.96 Å². The van der Waals surface area contributed by atoms with E-state index in [9.17, 15) is 0 Å². The average Bonchev–Trinajstić information content (AvgIpc) is 2.97. The normalized spacial score (nSPS) is 16.6. The van der Waals surface area contributed by atoms with Gasteiger partial charge in [-0.25, -0.2) is 0 Å². The maximum absolute atomic E-state index is 4.34. The Morgan fingerprint density at radius 2 is 1.96 bits per heavy atom. The van der Waals surface area contributed by atoms with Crippen LogP contribution in [0.25, 0.3) is 0 Å². The van der Waals surface area contributed by atoms with Crippen LogP contribution in [0.15, 0.2) is 53.7 Å². The second-order valence-electron chi connectivity index (χ2n) is 6.37. The first-order valence-corrected chi connectivity index (χ1v) is 8.97. The molecule has 2 aromatic rings. The largest absolute Gasteiger partial charge is 0.367 e. The molecule has 1 unspecified atom stereocenters. The third-order valence-corrected chi connectivity index (χ3v) is 4.62. The second-order valence-corrected chi connectivity index (χ2v) is 6.37. The van der Waals surface area contributed by atoms with Gasteiger partial charge in [0.25, 0.3) is 0 Å². The number of pyridine rings is 1. The monoisotopic (exact) mass is 337 g/mol. The van der Waals surface area contributed by atoms with Crippen molar-refractivity contribution in [1.29, 1.82) is 0 Å². The SMILES string of the molecule is CN=C(NCCc1ccccn1)NCCN1c2ccccc2CC1C. The average molecular weight is 337 g/mol. The summed E-state index contributed by atoms with van der Waals surface area (Å²) in [7, 11) is 1.81. The number of guanidine groups is 1. The molecule has 1 aromatic carbocycles. The van der Waals surface area contributed by atoms with Crippen molar-refractivity contribution in [3.05, 3.63) is 59.9 Å². The predicted octanol–water partition coefficient (Wildman–Crippen LogP) is 2.24. The zero-order valence-electron chi connectivity index (χ0n) is 15.1. The Labute approximate surface area is 150 Å². The van der Waals surface area contributed by atoms with Crippen molar-refractivity contribution >= 4 is 11.6 Å². The Bertz CT molecular complexity index is 698. The maximum atomic E-state index is 4.34. The zero-order chi connectivity index (χ0) is 17.5. The first-order chi connectivity index (χ1) is 12.3. The molecular formula is C20H27N5. The van der Waals surface area contributed by atoms with Crippen molar-refractivity contribution in [3.8, 4) is 0 Å². The summed E-state index contributed by atoms with van der Waals surface area (Å²) in [6, 6.07) is 15.3. The molecule has 5 nitrogen and oxygen atoms in total. The van der Waals surface area contributed by atoms with E-state index in [4.69, 9.17) is 0 Å². The Morgan fingerprint density at radius 3 is 2.76 bits per heavy atom. The van der Waals surface area contributed by atoms with Crippen LogP contribution >= 0.6 is 0 Å². The van der Waals surface area contributed by atoms with Crippen LogP contribution in [-0.4, -0.2) is 43.7 Å². The molecule has 0 saturated carbocycles. The number of rotatable bonds is 6. The molecule has 1 aliphatic heterocycles. The van der Waals surface area contributed by atoms with Crippen molar-refractivity contribution in [3.63, 3.8) is 0 Å². The molecule has 132 valence electrons. The molecule has 3 rings (SSSR count). The number of aromatic nitrogens is 1. The minimum absolute atomic E-state index is 0.554. The van der Waals surface area contributed by atoms with Crippen molar-refractivity contribution in [2.45, 2.75) is 25.8 Å². The summed E-state index contributed by atoms with van der Waals surface area (Å²) in [6.45, 7) is 4.95. The molecule has 0 fully saturated rings. The lowest BCUT2D eigenvalue weighted by Gasteiger charge is -2.25. The van der Waals surface area contributed by atoms with E-state index in [2.05, 4.69) is 56.7 Å². The number of hydrogen-bond acceptors (Lipinski definition) is 3. The molecule has 1 atom stereocenters. The van der Waals surface area contributed by atoms with Gasteiger partial charge in [-0.2, -0.15) is 0 Å². The van der Waals surface area contributed by atoms with E-state index < -0.39 is 0 Å². The lowest BCUT2D eigenvalue weighted by molar-refractivity contribution is 0.656. The summed E-state index contributed by atoms with van der Waals surface area (Å²) < 4.78 is 0. The molecule has 0 saturated heterocycles. The molecule has 2 heterocycles. The minimum Gasteiger partial charge on any atom is -0.367 e. The standard InChI is InChI=1S/C20H27N5/c1-16-15-17-7-3-4-9-19(17)25(16)14-13-24-20(21-2)23-12-10-18-8-5-6-11-22-18/h3-9,11,16H,10,12-15H2,1-2H3,(H2,21,23,24). The van der Waals surface area contributed by atoms with Gasteiger partial charge in [-0.05, 0) is 37.1 Å². The van der Waals surface area contributed by atoms with E-state index in [0.717, 1.165) is 44.1 Å². The number of nitrogens with one attached hydrogen (secondary N) is 2. The van der Waals surface area contributed by atoms with E-state index in [0.29, 0.717) is 6.04 Å². The van der Waals surface area contributed by atoms with Crippen LogP contribution in [0, 0.1) is 0 Å². The van der Waals surface area contributed by atoms with Crippen molar-refractivity contribution in [2.75, 3.05) is 31.6 Å². The van der Waals surface area contributed by atoms with Gasteiger partial charge in [-0.1, -0.05) is 24.3 Å². The molecule has 0 radical (unpaired) electrons. The highest BCUT2D eigenvalue weighted by Crippen LogP contribution is 2.31. The second kappa shape index (κ2) is 8.51. The third-order valence-electron chi connectivity index (χ3n) is 4.62. The van der Waals surface area contributed by atoms with Crippen LogP contribution in [0.5, 0.6) is 0 Å². The summed E-state index contributed by atoms with van der Waals surface area (Å²) in [5, 5.41) is 6.76. The van der Waals surface area contributed by atoms with Crippen molar-refractivity contribution in [1.82, 2.24) is 15.6 Å². The molecular weight excluding hydrogens is 310 g/mol. The van der Waals surface area contributed by atoms with E-state index in [1.165, 1.54) is 11.3 Å². The van der Waals surface area contributed by atoms with Gasteiger partial charge in [-0.15, -0.1) is 0 Å². The number of aliphatic imine (C=N–C) groups is 1. The van der Waals surface area contributed by atoms with Gasteiger partial charge >= 0.3 is 0 Å². The molecule has 2 N–H and O–H groups in total. The molecule has 25 heavy (non-hydrogen) atoms. The highest BCUT2D eigenvalue weighted by Gasteiger charge is 2.24. The summed E-state index contributed by atoms with van der Waals surface area (Å²) in [5.74, 6) is 0.844. The lowest BCUT2D eigenvalue weighted by Crippen LogP contribution is -2.43. The van der Waals surface area contributed by atoms with E-state index in [-0.39, 0.29) is 0 Å². The first-order valence-electron chi connectivity index (χ1n) is 8.97. The Morgan fingerprint density at radius 1 is 1.16 bits per heavy atom. The summed E-state index contributed by atoms with van der Waals surface area (Å²) in [5.41, 5.74) is 3.91. The molecule has 0 amide bonds. The fraction of sp³-hybridized carbons (Fsp3) is 0.400. The summed E-state index contributed by atoms with van der Waals surface area (Å²) in [4.78, 5) is 11.1. The van der Waals surface area contributed by atoms with Crippen LogP contribution in [0.3, 0.4) is 0 Å². The number of fused-ring (bicyclic) bond motifs is 1. The van der Waals surface area contributed by atoms with Crippen molar-refractivity contribution in [2.24, 2.45) is 4.99 Å². The van der Waals surface area contributed by atoms with Gasteiger partial charge < -0.3 is 15.5 Å². The summed E-state index contributed by atoms with van der Waals surface area (Å²) >= 11 is 0. The fourth-order valence-electron chi connectivity index (χ4n) is 3.34. The third kappa shape index (κ3) is 4.50. The highest BCUT2D eigenvalue weighted by molar-refractivity contribution is 5.79. The first kappa shape index (κ1) is 17.3. The Balaban J connectivity index is 1.43. The van der Waals surface area contributed by atoms with Crippen molar-refractivity contribution < 1.29 is 0 Å². The number of para-hydroxylation sites is 1. The molecule has 1 aromatic heterocycles. The topological polar surface area (TPSA) is 52.6 Å². The number of benzene rings is 1. The number of anilines is 1. The molecule has 0 bridgehead atoms. The van der Waals surface area contributed by atoms with E-state index in [1.807, 2.05) is 31.4 Å². The molecule has 5 heteroatoms. The van der Waals surface area contributed by atoms with Gasteiger partial charge in [0.1, 0.15) is 0 Å². The number of nitrogens with zero attached hydrogens (tertiary/aromatic N) is 3. The van der Waals surface area contributed by atoms with Gasteiger partial charge in [-0.3, -0.25) is 9.98 Å². The predicted molar refractivity (Wildman–Crippen MR) is 104 cm³/mol. The highest BCUT2D eigenvalue weighted by atomic mass is 15.2. The smallest absolute Gasteiger partial charge is 0.191 e. The maximum Gasteiger partial charge on any atom is 0.191 e. The zero-order valence-corrected chi connectivity index (χ0v) is 15.1. The van der Waals surface area contributed by atoms with Gasteiger partial charge in [0, 0.05) is 56.7 Å². The summed E-state index contributed by atoms with van der Waals surface area (Å²) in [6.07, 6.45) is 3.85. The van der Waals surface area contributed by atoms with Crippen LogP contribution in [0.1, 0.15) is 18.2 Å². The quantitative estimate of drug-likeness (QED) is 0.627. The minimum atomic E-state index is 0.554. The number of hydrogen-bond donors (Lipinski definition) is 2. The van der Waals surface area contributed by atoms with Crippen LogP contribution < -0.4 is 15.5 Å². The lowest BCUT2D eigenvalue weighted by atomic mass is 10.1. The Hall–Kier alpha value is -2.56. The van der Waals surface area contributed by atoms with Gasteiger partial charge in [0.05, 0.1) is 0 Å². The molecule has 0 spiro atoms. The Kier molecular flexibility index (Phi) is 5.88. The van der Waals surface area contributed by atoms with Crippen LogP contribution in [0.2, 0.25) is 0 Å². The molecule has 0 aliphatic carbocycles.